The van der Waals surface area contributed by atoms with Crippen LogP contribution in [-0.4, -0.2) is 24.5 Å². The van der Waals surface area contributed by atoms with Crippen LogP contribution in [-0.2, 0) is 6.42 Å². The number of anilines is 1. The summed E-state index contributed by atoms with van der Waals surface area (Å²) in [6.45, 7) is 1.93. The topological polar surface area (TPSA) is 89.8 Å². The van der Waals surface area contributed by atoms with E-state index in [4.69, 9.17) is 5.26 Å². The Morgan fingerprint density at radius 1 is 1.56 bits per heavy atom. The number of urea groups is 1. The van der Waals surface area contributed by atoms with Crippen LogP contribution in [0, 0.1) is 11.3 Å². The zero-order chi connectivity index (χ0) is 12.1. The number of carbonyl (C=O) groups is 1. The summed E-state index contributed by atoms with van der Waals surface area (Å²) >= 11 is 0. The van der Waals surface area contributed by atoms with Crippen molar-refractivity contribution in [3.63, 3.8) is 0 Å². The second-order valence-corrected chi connectivity index (χ2v) is 4.47. The van der Waals surface area contributed by atoms with Crippen LogP contribution in [0.15, 0.2) is 0 Å². The number of aryl methyl sites for hydroxylation is 1. The van der Waals surface area contributed by atoms with Gasteiger partial charge in [0.05, 0.1) is 0 Å². The maximum absolute atomic E-state index is 11.2. The predicted molar refractivity (Wildman–Crippen MR) is 64.2 cm³/mol. The Hall–Kier alpha value is -1.65. The van der Waals surface area contributed by atoms with Crippen molar-refractivity contribution in [3.8, 4) is 6.07 Å². The number of aromatic nitrogens is 1. The molecule has 0 spiro atoms. The molecule has 0 aliphatic heterocycles. The van der Waals surface area contributed by atoms with E-state index in [0.717, 1.165) is 5.69 Å². The SMILES string of the molecule is CCc1n[s+](NC)c(NC(=O)NC)c1C#N. The molecule has 1 unspecified atom stereocenters. The van der Waals surface area contributed by atoms with E-state index >= 15 is 0 Å². The van der Waals surface area contributed by atoms with Gasteiger partial charge in [-0.3, -0.25) is 5.32 Å². The number of hydrogen-bond donors (Lipinski definition) is 3. The number of nitriles is 1. The molecule has 0 radical (unpaired) electrons. The van der Waals surface area contributed by atoms with Gasteiger partial charge in [0.1, 0.15) is 11.8 Å². The van der Waals surface area contributed by atoms with Crippen LogP contribution in [0.4, 0.5) is 9.80 Å². The molecule has 86 valence electrons. The van der Waals surface area contributed by atoms with Gasteiger partial charge in [-0.05, 0) is 10.8 Å². The Kier molecular flexibility index (Phi) is 4.22. The quantitative estimate of drug-likeness (QED) is 0.692. The summed E-state index contributed by atoms with van der Waals surface area (Å²) in [4.78, 5) is 11.2. The van der Waals surface area contributed by atoms with E-state index in [-0.39, 0.29) is 6.03 Å². The smallest absolute Gasteiger partial charge is 0.322 e. The van der Waals surface area contributed by atoms with Crippen molar-refractivity contribution in [2.24, 2.45) is 0 Å². The average molecular weight is 240 g/mol. The van der Waals surface area contributed by atoms with Crippen LogP contribution < -0.4 is 15.4 Å². The van der Waals surface area contributed by atoms with Crippen molar-refractivity contribution in [1.82, 2.24) is 9.69 Å². The molecule has 16 heavy (non-hydrogen) atoms. The standard InChI is InChI=1S/C9H13N5OS/c1-4-7-6(5-10)8(13-9(15)11-2)16(12-3)14-7/h4H2,1-3H3,(H2,11,12,13,14,15)/p+1. The van der Waals surface area contributed by atoms with Crippen molar-refractivity contribution in [2.45, 2.75) is 13.3 Å². The van der Waals surface area contributed by atoms with Gasteiger partial charge >= 0.3 is 11.0 Å². The molecule has 0 aliphatic rings. The second kappa shape index (κ2) is 5.44. The van der Waals surface area contributed by atoms with Crippen LogP contribution in [0.3, 0.4) is 0 Å². The number of nitrogens with one attached hydrogen (secondary N) is 3. The lowest BCUT2D eigenvalue weighted by Gasteiger charge is -1.97. The molecule has 0 bridgehead atoms. The molecule has 0 saturated carbocycles. The van der Waals surface area contributed by atoms with Gasteiger partial charge in [0, 0.05) is 14.1 Å². The highest BCUT2D eigenvalue weighted by molar-refractivity contribution is 7.32. The summed E-state index contributed by atoms with van der Waals surface area (Å²) in [5, 5.41) is 14.7. The van der Waals surface area contributed by atoms with Crippen LogP contribution in [0.2, 0.25) is 0 Å². The van der Waals surface area contributed by atoms with Gasteiger partial charge in [-0.2, -0.15) is 5.26 Å². The summed E-state index contributed by atoms with van der Waals surface area (Å²) in [6.07, 6.45) is 0.674. The molecule has 1 heterocycles. The second-order valence-electron chi connectivity index (χ2n) is 2.90. The van der Waals surface area contributed by atoms with E-state index in [1.165, 1.54) is 7.05 Å². The first-order chi connectivity index (χ1) is 7.67. The lowest BCUT2D eigenvalue weighted by Crippen LogP contribution is -2.24. The Morgan fingerprint density at radius 3 is 2.69 bits per heavy atom. The lowest BCUT2D eigenvalue weighted by atomic mass is 10.2. The van der Waals surface area contributed by atoms with E-state index in [0.29, 0.717) is 17.0 Å². The molecule has 1 aromatic rings. The van der Waals surface area contributed by atoms with Gasteiger partial charge < -0.3 is 5.32 Å². The molecular weight excluding hydrogens is 226 g/mol. The van der Waals surface area contributed by atoms with Crippen LogP contribution in [0.25, 0.3) is 0 Å². The third-order valence-electron chi connectivity index (χ3n) is 2.00. The Bertz CT molecular complexity index is 434. The van der Waals surface area contributed by atoms with Crippen LogP contribution in [0.1, 0.15) is 18.2 Å². The maximum atomic E-state index is 11.2. The highest BCUT2D eigenvalue weighted by Crippen LogP contribution is 2.32. The Balaban J connectivity index is 3.18. The van der Waals surface area contributed by atoms with Gasteiger partial charge in [-0.25, -0.2) is 4.79 Å². The fourth-order valence-electron chi connectivity index (χ4n) is 1.21. The lowest BCUT2D eigenvalue weighted by molar-refractivity contribution is 0.254. The molecule has 0 aromatic carbocycles. The van der Waals surface area contributed by atoms with Gasteiger partial charge in [0.25, 0.3) is 0 Å². The predicted octanol–water partition coefficient (Wildman–Crippen LogP) is 1.19. The van der Waals surface area contributed by atoms with Crippen molar-refractivity contribution in [2.75, 3.05) is 24.1 Å². The molecular formula is C9H14N5OS+. The summed E-state index contributed by atoms with van der Waals surface area (Å²) < 4.78 is 7.30. The third kappa shape index (κ3) is 2.29. The van der Waals surface area contributed by atoms with Gasteiger partial charge in [-0.15, -0.1) is 0 Å². The zero-order valence-corrected chi connectivity index (χ0v) is 10.2. The molecule has 0 aliphatic carbocycles. The number of hydrogen-bond acceptors (Lipinski definition) is 4. The molecule has 1 aromatic heterocycles. The van der Waals surface area contributed by atoms with Gasteiger partial charge in [-0.1, -0.05) is 11.6 Å². The number of amides is 2. The Morgan fingerprint density at radius 2 is 2.25 bits per heavy atom. The van der Waals surface area contributed by atoms with Crippen molar-refractivity contribution >= 4 is 21.9 Å². The summed E-state index contributed by atoms with van der Waals surface area (Å²) in [5.41, 5.74) is 1.19. The largest absolute Gasteiger partial charge is 0.341 e. The number of rotatable bonds is 3. The van der Waals surface area contributed by atoms with E-state index in [1.807, 2.05) is 6.92 Å². The van der Waals surface area contributed by atoms with Crippen LogP contribution in [0.5, 0.6) is 0 Å². The highest BCUT2D eigenvalue weighted by atomic mass is 32.2. The van der Waals surface area contributed by atoms with E-state index in [2.05, 4.69) is 25.8 Å². The van der Waals surface area contributed by atoms with E-state index in [1.54, 1.807) is 7.05 Å². The van der Waals surface area contributed by atoms with Crippen molar-refractivity contribution in [1.29, 1.82) is 5.26 Å². The molecule has 1 atom stereocenters. The molecule has 6 nitrogen and oxygen atoms in total. The van der Waals surface area contributed by atoms with Gasteiger partial charge in [0.2, 0.25) is 10.9 Å². The molecule has 3 N–H and O–H groups in total. The summed E-state index contributed by atoms with van der Waals surface area (Å²) in [7, 11) is 2.63. The molecule has 7 heteroatoms. The monoisotopic (exact) mass is 240 g/mol. The third-order valence-corrected chi connectivity index (χ3v) is 3.49. The zero-order valence-electron chi connectivity index (χ0n) is 9.42. The minimum absolute atomic E-state index is 0.344. The summed E-state index contributed by atoms with van der Waals surface area (Å²) in [6, 6.07) is 1.74. The minimum atomic E-state index is -0.631. The molecule has 2 amide bonds. The van der Waals surface area contributed by atoms with Crippen LogP contribution >= 0.6 is 10.9 Å². The summed E-state index contributed by atoms with van der Waals surface area (Å²) in [5.74, 6) is 0. The van der Waals surface area contributed by atoms with Gasteiger partial charge in [0.15, 0.2) is 5.56 Å². The molecule has 0 fully saturated rings. The first kappa shape index (κ1) is 12.4. The fraction of sp³-hybridized carbons (Fsp3) is 0.444. The maximum Gasteiger partial charge on any atom is 0.322 e. The van der Waals surface area contributed by atoms with Crippen molar-refractivity contribution in [3.05, 3.63) is 11.3 Å². The minimum Gasteiger partial charge on any atom is -0.341 e. The number of carbonyl (C=O) groups excluding carboxylic acids is 1. The molecule has 0 saturated heterocycles. The van der Waals surface area contributed by atoms with Crippen molar-refractivity contribution < 1.29 is 4.79 Å². The first-order valence-corrected chi connectivity index (χ1v) is 5.98. The normalized spacial score (nSPS) is 10.8. The van der Waals surface area contributed by atoms with E-state index < -0.39 is 10.9 Å². The molecule has 1 rings (SSSR count). The van der Waals surface area contributed by atoms with E-state index in [9.17, 15) is 4.79 Å². The average Bonchev–Trinajstić information content (AvgIpc) is 2.65. The fourth-order valence-corrected chi connectivity index (χ4v) is 2.58. The Labute approximate surface area is 96.9 Å². The first-order valence-electron chi connectivity index (χ1n) is 4.80. The number of nitrogens with zero attached hydrogens (tertiary/aromatic N) is 2. The highest BCUT2D eigenvalue weighted by Gasteiger charge is 2.28.